The van der Waals surface area contributed by atoms with Crippen LogP contribution in [0.3, 0.4) is 0 Å². The van der Waals surface area contributed by atoms with Crippen LogP contribution in [0.5, 0.6) is 5.88 Å². The topological polar surface area (TPSA) is 22.1 Å². The van der Waals surface area contributed by atoms with Gasteiger partial charge < -0.3 is 4.74 Å². The summed E-state index contributed by atoms with van der Waals surface area (Å²) in [6, 6.07) is 0.819. The van der Waals surface area contributed by atoms with Gasteiger partial charge in [-0.25, -0.2) is 4.98 Å². The van der Waals surface area contributed by atoms with Crippen molar-refractivity contribution in [1.29, 1.82) is 0 Å². The highest BCUT2D eigenvalue weighted by Crippen LogP contribution is 2.36. The third kappa shape index (κ3) is 4.31. The monoisotopic (exact) mass is 327 g/mol. The highest BCUT2D eigenvalue weighted by Gasteiger charge is 2.59. The van der Waals surface area contributed by atoms with E-state index in [2.05, 4.69) is 9.72 Å². The fourth-order valence-corrected chi connectivity index (χ4v) is 1.52. The number of rotatable bonds is 3. The predicted molar refractivity (Wildman–Crippen MR) is 55.3 cm³/mol. The molecule has 0 N–H and O–H groups in total. The number of aromatic nitrogens is 1. The Morgan fingerprint density at radius 1 is 1.16 bits per heavy atom. The lowest BCUT2D eigenvalue weighted by molar-refractivity contribution is -0.300. The van der Waals surface area contributed by atoms with Crippen molar-refractivity contribution < 1.29 is 31.1 Å². The number of hydrogen-bond donors (Lipinski definition) is 0. The lowest BCUT2D eigenvalue weighted by Crippen LogP contribution is -2.46. The highest BCUT2D eigenvalue weighted by molar-refractivity contribution is 6.32. The van der Waals surface area contributed by atoms with Gasteiger partial charge in [-0.2, -0.15) is 26.3 Å². The summed E-state index contributed by atoms with van der Waals surface area (Å²) in [5.41, 5.74) is 0.108. The predicted octanol–water partition coefficient (Wildman–Crippen LogP) is 4.35. The van der Waals surface area contributed by atoms with Crippen LogP contribution in [-0.2, 0) is 5.88 Å². The molecule has 0 radical (unpaired) electrons. The Bertz CT molecular complexity index is 433. The molecule has 0 atom stereocenters. The van der Waals surface area contributed by atoms with E-state index in [1.807, 2.05) is 0 Å². The van der Waals surface area contributed by atoms with E-state index in [1.165, 1.54) is 0 Å². The van der Waals surface area contributed by atoms with Gasteiger partial charge >= 0.3 is 12.4 Å². The summed E-state index contributed by atoms with van der Waals surface area (Å²) < 4.78 is 77.3. The fourth-order valence-electron chi connectivity index (χ4n) is 1.07. The molecule has 108 valence electrons. The molecule has 1 rings (SSSR count). The second-order valence-corrected chi connectivity index (χ2v) is 4.00. The fraction of sp³-hybridized carbons (Fsp3) is 0.444. The van der Waals surface area contributed by atoms with Crippen LogP contribution < -0.4 is 4.74 Å². The van der Waals surface area contributed by atoms with Crippen molar-refractivity contribution in [2.75, 3.05) is 0 Å². The van der Waals surface area contributed by atoms with Crippen LogP contribution in [0.1, 0.15) is 5.56 Å². The molecule has 0 aliphatic rings. The Balaban J connectivity index is 3.04. The second kappa shape index (κ2) is 5.62. The SMILES string of the molecule is FC(F)(F)C(Oc1cc(CCl)c(Cl)cn1)C(F)(F)F. The Morgan fingerprint density at radius 3 is 2.11 bits per heavy atom. The summed E-state index contributed by atoms with van der Waals surface area (Å²) >= 11 is 11.0. The molecule has 0 saturated carbocycles. The molecule has 1 heterocycles. The van der Waals surface area contributed by atoms with Crippen molar-refractivity contribution in [3.05, 3.63) is 22.8 Å². The van der Waals surface area contributed by atoms with Crippen LogP contribution in [0.4, 0.5) is 26.3 Å². The summed E-state index contributed by atoms with van der Waals surface area (Å²) in [7, 11) is 0. The molecular weight excluding hydrogens is 323 g/mol. The van der Waals surface area contributed by atoms with Crippen LogP contribution in [0.2, 0.25) is 5.02 Å². The Labute approximate surface area is 113 Å². The molecule has 0 aliphatic carbocycles. The average Bonchev–Trinajstić information content (AvgIpc) is 2.24. The molecule has 19 heavy (non-hydrogen) atoms. The minimum absolute atomic E-state index is 0.0120. The molecule has 0 bridgehead atoms. The lowest BCUT2D eigenvalue weighted by Gasteiger charge is -2.23. The van der Waals surface area contributed by atoms with Gasteiger partial charge in [-0.05, 0) is 5.56 Å². The zero-order valence-corrected chi connectivity index (χ0v) is 10.3. The summed E-state index contributed by atoms with van der Waals surface area (Å²) in [6.45, 7) is 0. The first-order valence-corrected chi connectivity index (χ1v) is 5.47. The first kappa shape index (κ1) is 16.2. The van der Waals surface area contributed by atoms with Crippen molar-refractivity contribution in [3.8, 4) is 5.88 Å². The summed E-state index contributed by atoms with van der Waals surface area (Å²) in [5.74, 6) is -1.07. The molecular formula is C9H5Cl2F6NO. The van der Waals surface area contributed by atoms with Crippen molar-refractivity contribution in [3.63, 3.8) is 0 Å². The Morgan fingerprint density at radius 2 is 1.68 bits per heavy atom. The number of nitrogens with zero attached hydrogens (tertiary/aromatic N) is 1. The zero-order chi connectivity index (χ0) is 14.8. The zero-order valence-electron chi connectivity index (χ0n) is 8.82. The Kier molecular flexibility index (Phi) is 4.78. The number of alkyl halides is 7. The van der Waals surface area contributed by atoms with Crippen molar-refractivity contribution in [2.45, 2.75) is 24.3 Å². The number of halogens is 8. The third-order valence-electron chi connectivity index (χ3n) is 1.89. The van der Waals surface area contributed by atoms with E-state index in [-0.39, 0.29) is 16.5 Å². The molecule has 0 aromatic carbocycles. The van der Waals surface area contributed by atoms with E-state index in [0.717, 1.165) is 12.3 Å². The summed E-state index contributed by atoms with van der Waals surface area (Å²) in [6.07, 6.45) is -14.3. The molecule has 2 nitrogen and oxygen atoms in total. The van der Waals surface area contributed by atoms with Gasteiger partial charge in [0.25, 0.3) is 6.10 Å². The maximum atomic E-state index is 12.2. The van der Waals surface area contributed by atoms with Crippen LogP contribution >= 0.6 is 23.2 Å². The maximum absolute atomic E-state index is 12.2. The minimum Gasteiger partial charge on any atom is -0.455 e. The van der Waals surface area contributed by atoms with Crippen LogP contribution in [-0.4, -0.2) is 23.4 Å². The second-order valence-electron chi connectivity index (χ2n) is 3.33. The van der Waals surface area contributed by atoms with Crippen molar-refractivity contribution >= 4 is 23.2 Å². The van der Waals surface area contributed by atoms with E-state index in [1.54, 1.807) is 0 Å². The standard InChI is InChI=1S/C9H5Cl2F6NO/c10-2-4-1-6(18-3-5(4)11)19-7(8(12,13)14)9(15,16)17/h1,3,7H,2H2. The van der Waals surface area contributed by atoms with E-state index >= 15 is 0 Å². The van der Waals surface area contributed by atoms with Gasteiger partial charge in [0.2, 0.25) is 5.88 Å². The molecule has 0 spiro atoms. The molecule has 1 aromatic rings. The van der Waals surface area contributed by atoms with Gasteiger partial charge in [0, 0.05) is 18.1 Å². The van der Waals surface area contributed by atoms with Crippen LogP contribution in [0.25, 0.3) is 0 Å². The molecule has 0 unspecified atom stereocenters. The van der Waals surface area contributed by atoms with Crippen molar-refractivity contribution in [1.82, 2.24) is 4.98 Å². The first-order valence-electron chi connectivity index (χ1n) is 4.56. The van der Waals surface area contributed by atoms with E-state index in [0.29, 0.717) is 0 Å². The van der Waals surface area contributed by atoms with Gasteiger partial charge in [0.1, 0.15) is 0 Å². The maximum Gasteiger partial charge on any atom is 0.434 e. The van der Waals surface area contributed by atoms with E-state index in [4.69, 9.17) is 23.2 Å². The lowest BCUT2D eigenvalue weighted by atomic mass is 10.3. The number of pyridine rings is 1. The Hall–Kier alpha value is -0.890. The average molecular weight is 328 g/mol. The van der Waals surface area contributed by atoms with E-state index < -0.39 is 24.3 Å². The molecule has 0 fully saturated rings. The minimum atomic E-state index is -5.61. The quantitative estimate of drug-likeness (QED) is 0.608. The largest absolute Gasteiger partial charge is 0.455 e. The summed E-state index contributed by atoms with van der Waals surface area (Å²) in [5, 5.41) is 0.0120. The first-order chi connectivity index (χ1) is 8.55. The number of hydrogen-bond acceptors (Lipinski definition) is 2. The smallest absolute Gasteiger partial charge is 0.434 e. The van der Waals surface area contributed by atoms with Crippen LogP contribution in [0, 0.1) is 0 Å². The molecule has 0 aliphatic heterocycles. The van der Waals surface area contributed by atoms with Gasteiger partial charge in [-0.15, -0.1) is 11.6 Å². The molecule has 10 heteroatoms. The summed E-state index contributed by atoms with van der Waals surface area (Å²) in [4.78, 5) is 3.24. The molecule has 1 aromatic heterocycles. The van der Waals surface area contributed by atoms with Crippen molar-refractivity contribution in [2.24, 2.45) is 0 Å². The third-order valence-corrected chi connectivity index (χ3v) is 2.52. The van der Waals surface area contributed by atoms with Crippen LogP contribution in [0.15, 0.2) is 12.3 Å². The normalized spacial score (nSPS) is 12.9. The van der Waals surface area contributed by atoms with Gasteiger partial charge in [0.05, 0.1) is 5.02 Å². The van der Waals surface area contributed by atoms with Gasteiger partial charge in [-0.1, -0.05) is 11.6 Å². The van der Waals surface area contributed by atoms with Gasteiger partial charge in [0.15, 0.2) is 0 Å². The van der Waals surface area contributed by atoms with E-state index in [9.17, 15) is 26.3 Å². The van der Waals surface area contributed by atoms with Gasteiger partial charge in [-0.3, -0.25) is 0 Å². The molecule has 0 saturated heterocycles. The number of ether oxygens (including phenoxy) is 1. The highest BCUT2D eigenvalue weighted by atomic mass is 35.5. The molecule has 0 amide bonds.